The van der Waals surface area contributed by atoms with Crippen LogP contribution in [0.4, 0.5) is 0 Å². The molecule has 9 nitrogen and oxygen atoms in total. The van der Waals surface area contributed by atoms with Crippen LogP contribution < -0.4 is 10.5 Å². The van der Waals surface area contributed by atoms with Gasteiger partial charge >= 0.3 is 0 Å². The van der Waals surface area contributed by atoms with Crippen molar-refractivity contribution in [2.75, 3.05) is 52.5 Å². The van der Waals surface area contributed by atoms with E-state index in [1.165, 1.54) is 6.20 Å². The molecule has 0 spiro atoms. The highest BCUT2D eigenvalue weighted by Gasteiger charge is 2.30. The lowest BCUT2D eigenvalue weighted by Crippen LogP contribution is -2.38. The highest BCUT2D eigenvalue weighted by Crippen LogP contribution is 2.27. The highest BCUT2D eigenvalue weighted by molar-refractivity contribution is 5.95. The van der Waals surface area contributed by atoms with E-state index in [0.717, 1.165) is 39.3 Å². The SMILES string of the molecule is Cc1nc([C@H]2CCN(C(=O)c3cccc(OCCN4CCOCC4)c3)C2)ncc1C(N)=O. The minimum absolute atomic E-state index is 0.0309. The predicted octanol–water partition coefficient (Wildman–Crippen LogP) is 1.22. The number of nitrogens with zero attached hydrogens (tertiary/aromatic N) is 4. The number of nitrogens with two attached hydrogens (primary N) is 1. The summed E-state index contributed by atoms with van der Waals surface area (Å²) in [6.45, 7) is 7.70. The summed E-state index contributed by atoms with van der Waals surface area (Å²) in [5.74, 6) is 0.803. The van der Waals surface area contributed by atoms with Crippen molar-refractivity contribution in [1.82, 2.24) is 19.8 Å². The molecular weight excluding hydrogens is 410 g/mol. The quantitative estimate of drug-likeness (QED) is 0.691. The summed E-state index contributed by atoms with van der Waals surface area (Å²) >= 11 is 0. The van der Waals surface area contributed by atoms with E-state index < -0.39 is 5.91 Å². The molecular formula is C23H29N5O4. The first-order valence-electron chi connectivity index (χ1n) is 11.0. The van der Waals surface area contributed by atoms with Crippen molar-refractivity contribution >= 4 is 11.8 Å². The number of carbonyl (C=O) groups excluding carboxylic acids is 2. The molecule has 0 aliphatic carbocycles. The molecule has 170 valence electrons. The number of likely N-dealkylation sites (tertiary alicyclic amines) is 1. The van der Waals surface area contributed by atoms with E-state index >= 15 is 0 Å². The maximum absolute atomic E-state index is 13.1. The fourth-order valence-electron chi connectivity index (χ4n) is 4.10. The van der Waals surface area contributed by atoms with Gasteiger partial charge in [-0.25, -0.2) is 9.97 Å². The van der Waals surface area contributed by atoms with Crippen molar-refractivity contribution in [3.05, 3.63) is 53.1 Å². The molecule has 2 aliphatic heterocycles. The smallest absolute Gasteiger partial charge is 0.254 e. The molecule has 2 N–H and O–H groups in total. The molecule has 1 aromatic carbocycles. The zero-order chi connectivity index (χ0) is 22.5. The summed E-state index contributed by atoms with van der Waals surface area (Å²) in [5, 5.41) is 0. The van der Waals surface area contributed by atoms with Crippen molar-refractivity contribution in [1.29, 1.82) is 0 Å². The van der Waals surface area contributed by atoms with Gasteiger partial charge in [0.15, 0.2) is 0 Å². The number of aromatic nitrogens is 2. The van der Waals surface area contributed by atoms with Gasteiger partial charge in [-0.1, -0.05) is 6.07 Å². The molecule has 2 saturated heterocycles. The Bertz CT molecular complexity index is 977. The normalized spacial score (nSPS) is 19.2. The van der Waals surface area contributed by atoms with Crippen LogP contribution in [0.1, 0.15) is 44.6 Å². The van der Waals surface area contributed by atoms with Crippen LogP contribution >= 0.6 is 0 Å². The van der Waals surface area contributed by atoms with E-state index in [0.29, 0.717) is 48.1 Å². The molecule has 2 fully saturated rings. The van der Waals surface area contributed by atoms with Crippen molar-refractivity contribution in [3.63, 3.8) is 0 Å². The zero-order valence-electron chi connectivity index (χ0n) is 18.3. The summed E-state index contributed by atoms with van der Waals surface area (Å²) in [6.07, 6.45) is 2.25. The average molecular weight is 440 g/mol. The average Bonchev–Trinajstić information content (AvgIpc) is 3.29. The molecule has 0 saturated carbocycles. The summed E-state index contributed by atoms with van der Waals surface area (Å²) in [7, 11) is 0. The molecule has 0 unspecified atom stereocenters. The van der Waals surface area contributed by atoms with Gasteiger partial charge in [0.25, 0.3) is 11.8 Å². The van der Waals surface area contributed by atoms with Crippen LogP contribution in [0.25, 0.3) is 0 Å². The third kappa shape index (κ3) is 5.23. The van der Waals surface area contributed by atoms with E-state index in [4.69, 9.17) is 15.2 Å². The fourth-order valence-corrected chi connectivity index (χ4v) is 4.10. The molecule has 3 heterocycles. The monoisotopic (exact) mass is 439 g/mol. The summed E-state index contributed by atoms with van der Waals surface area (Å²) in [4.78, 5) is 37.3. The van der Waals surface area contributed by atoms with Crippen LogP contribution in [-0.2, 0) is 4.74 Å². The Morgan fingerprint density at radius 3 is 2.81 bits per heavy atom. The number of benzene rings is 1. The highest BCUT2D eigenvalue weighted by atomic mass is 16.5. The van der Waals surface area contributed by atoms with Gasteiger partial charge in [0.1, 0.15) is 18.2 Å². The van der Waals surface area contributed by atoms with E-state index in [-0.39, 0.29) is 11.8 Å². The van der Waals surface area contributed by atoms with Crippen LogP contribution in [0.2, 0.25) is 0 Å². The lowest BCUT2D eigenvalue weighted by Gasteiger charge is -2.26. The first kappa shape index (κ1) is 22.2. The fraction of sp³-hybridized carbons (Fsp3) is 0.478. The van der Waals surface area contributed by atoms with Gasteiger partial charge in [-0.05, 0) is 31.5 Å². The molecule has 1 atom stereocenters. The van der Waals surface area contributed by atoms with E-state index in [9.17, 15) is 9.59 Å². The number of rotatable bonds is 7. The van der Waals surface area contributed by atoms with Gasteiger partial charge in [0.05, 0.1) is 24.5 Å². The van der Waals surface area contributed by atoms with E-state index in [1.807, 2.05) is 23.1 Å². The number of hydrogen-bond donors (Lipinski definition) is 1. The Kier molecular flexibility index (Phi) is 6.96. The first-order valence-corrected chi connectivity index (χ1v) is 11.0. The van der Waals surface area contributed by atoms with Crippen molar-refractivity contribution in [2.45, 2.75) is 19.3 Å². The number of hydrogen-bond acceptors (Lipinski definition) is 7. The molecule has 2 aromatic rings. The lowest BCUT2D eigenvalue weighted by molar-refractivity contribution is 0.0322. The number of primary amides is 1. The molecule has 4 rings (SSSR count). The Balaban J connectivity index is 1.34. The molecule has 0 bridgehead atoms. The third-order valence-corrected chi connectivity index (χ3v) is 5.96. The minimum Gasteiger partial charge on any atom is -0.492 e. The Labute approximate surface area is 187 Å². The van der Waals surface area contributed by atoms with Gasteiger partial charge < -0.3 is 20.1 Å². The van der Waals surface area contributed by atoms with Gasteiger partial charge in [-0.2, -0.15) is 0 Å². The van der Waals surface area contributed by atoms with Crippen LogP contribution in [0.15, 0.2) is 30.5 Å². The van der Waals surface area contributed by atoms with Gasteiger partial charge in [-0.3, -0.25) is 14.5 Å². The molecule has 0 radical (unpaired) electrons. The van der Waals surface area contributed by atoms with Crippen LogP contribution in [0, 0.1) is 6.92 Å². The maximum Gasteiger partial charge on any atom is 0.254 e. The van der Waals surface area contributed by atoms with Gasteiger partial charge in [-0.15, -0.1) is 0 Å². The minimum atomic E-state index is -0.538. The van der Waals surface area contributed by atoms with Gasteiger partial charge in [0, 0.05) is 50.4 Å². The van der Waals surface area contributed by atoms with Crippen molar-refractivity contribution < 1.29 is 19.1 Å². The maximum atomic E-state index is 13.1. The molecule has 32 heavy (non-hydrogen) atoms. The van der Waals surface area contributed by atoms with Crippen LogP contribution in [-0.4, -0.2) is 84.1 Å². The van der Waals surface area contributed by atoms with Crippen LogP contribution in [0.3, 0.4) is 0 Å². The predicted molar refractivity (Wildman–Crippen MR) is 118 cm³/mol. The second-order valence-corrected chi connectivity index (χ2v) is 8.16. The zero-order valence-corrected chi connectivity index (χ0v) is 18.3. The van der Waals surface area contributed by atoms with Crippen LogP contribution in [0.5, 0.6) is 5.75 Å². The Morgan fingerprint density at radius 2 is 2.06 bits per heavy atom. The second-order valence-electron chi connectivity index (χ2n) is 8.16. The van der Waals surface area contributed by atoms with E-state index in [1.54, 1.807) is 13.0 Å². The number of amides is 2. The largest absolute Gasteiger partial charge is 0.492 e. The lowest BCUT2D eigenvalue weighted by atomic mass is 10.1. The third-order valence-electron chi connectivity index (χ3n) is 5.96. The number of ether oxygens (including phenoxy) is 2. The first-order chi connectivity index (χ1) is 15.5. The standard InChI is InChI=1S/C23H29N5O4/c1-16-20(21(24)29)14-25-22(26-16)18-5-6-28(15-18)23(30)17-3-2-4-19(13-17)32-12-9-27-7-10-31-11-8-27/h2-4,13-14,18H,5-12,15H2,1H3,(H2,24,29)/t18-/m0/s1. The topological polar surface area (TPSA) is 111 Å². The number of aryl methyl sites for hydroxylation is 1. The second kappa shape index (κ2) is 10.1. The molecule has 1 aromatic heterocycles. The number of carbonyl (C=O) groups is 2. The Hall–Kier alpha value is -3.04. The Morgan fingerprint density at radius 1 is 1.25 bits per heavy atom. The molecule has 2 amide bonds. The van der Waals surface area contributed by atoms with Gasteiger partial charge in [0.2, 0.25) is 0 Å². The summed E-state index contributed by atoms with van der Waals surface area (Å²) < 4.78 is 11.2. The molecule has 2 aliphatic rings. The van der Waals surface area contributed by atoms with Crippen molar-refractivity contribution in [2.24, 2.45) is 5.73 Å². The van der Waals surface area contributed by atoms with E-state index in [2.05, 4.69) is 14.9 Å². The summed E-state index contributed by atoms with van der Waals surface area (Å²) in [5.41, 5.74) is 6.83. The number of morpholine rings is 1. The van der Waals surface area contributed by atoms with Crippen molar-refractivity contribution in [3.8, 4) is 5.75 Å². The molecule has 9 heteroatoms. The summed E-state index contributed by atoms with van der Waals surface area (Å²) in [6, 6.07) is 7.34.